The Kier molecular flexibility index (Phi) is 5.24. The molecule has 1 unspecified atom stereocenters. The van der Waals surface area contributed by atoms with Gasteiger partial charge in [0.25, 0.3) is 0 Å². The number of aryl methyl sites for hydroxylation is 1. The lowest BCUT2D eigenvalue weighted by Gasteiger charge is -2.17. The SMILES string of the molecule is CCOc1cc(CC(CN)c2nc3ccccc3n2CC)ccc1O. The highest BCUT2D eigenvalue weighted by atomic mass is 16.5. The average Bonchev–Trinajstić information content (AvgIpc) is 3.00. The number of phenolic OH excluding ortho intramolecular Hbond substituents is 1. The third-order valence-electron chi connectivity index (χ3n) is 4.46. The second-order valence-electron chi connectivity index (χ2n) is 6.07. The molecule has 0 spiro atoms. The molecule has 3 aromatic rings. The van der Waals surface area contributed by atoms with Gasteiger partial charge >= 0.3 is 0 Å². The highest BCUT2D eigenvalue weighted by Gasteiger charge is 2.19. The van der Waals surface area contributed by atoms with Gasteiger partial charge in [-0.3, -0.25) is 0 Å². The summed E-state index contributed by atoms with van der Waals surface area (Å²) in [6.45, 7) is 5.90. The van der Waals surface area contributed by atoms with E-state index in [0.29, 0.717) is 18.9 Å². The first-order valence-corrected chi connectivity index (χ1v) is 8.77. The maximum absolute atomic E-state index is 9.89. The van der Waals surface area contributed by atoms with E-state index < -0.39 is 0 Å². The molecule has 0 saturated heterocycles. The van der Waals surface area contributed by atoms with Crippen LogP contribution in [0.15, 0.2) is 42.5 Å². The van der Waals surface area contributed by atoms with Crippen molar-refractivity contribution in [2.45, 2.75) is 32.7 Å². The fourth-order valence-electron chi connectivity index (χ4n) is 3.26. The molecule has 25 heavy (non-hydrogen) atoms. The number of nitrogens with zero attached hydrogens (tertiary/aromatic N) is 2. The van der Waals surface area contributed by atoms with Crippen LogP contribution < -0.4 is 10.5 Å². The number of nitrogens with two attached hydrogens (primary N) is 1. The lowest BCUT2D eigenvalue weighted by Crippen LogP contribution is -2.19. The van der Waals surface area contributed by atoms with E-state index in [1.807, 2.05) is 37.3 Å². The Hall–Kier alpha value is -2.53. The van der Waals surface area contributed by atoms with Gasteiger partial charge in [-0.1, -0.05) is 18.2 Å². The molecular weight excluding hydrogens is 314 g/mol. The fraction of sp³-hybridized carbons (Fsp3) is 0.350. The number of aromatic nitrogens is 2. The van der Waals surface area contributed by atoms with Crippen LogP contribution in [0.2, 0.25) is 0 Å². The molecule has 0 aliphatic carbocycles. The molecule has 0 fully saturated rings. The maximum atomic E-state index is 9.89. The van der Waals surface area contributed by atoms with E-state index in [1.165, 1.54) is 0 Å². The molecular formula is C20H25N3O2. The molecule has 1 aromatic heterocycles. The van der Waals surface area contributed by atoms with Gasteiger partial charge < -0.3 is 20.1 Å². The third-order valence-corrected chi connectivity index (χ3v) is 4.46. The number of phenols is 1. The smallest absolute Gasteiger partial charge is 0.161 e. The molecule has 5 nitrogen and oxygen atoms in total. The van der Waals surface area contributed by atoms with E-state index >= 15 is 0 Å². The summed E-state index contributed by atoms with van der Waals surface area (Å²) < 4.78 is 7.72. The Morgan fingerprint density at radius 3 is 2.72 bits per heavy atom. The number of aromatic hydroxyl groups is 1. The van der Waals surface area contributed by atoms with Crippen LogP contribution in [-0.2, 0) is 13.0 Å². The van der Waals surface area contributed by atoms with E-state index in [4.69, 9.17) is 15.5 Å². The summed E-state index contributed by atoms with van der Waals surface area (Å²) in [6.07, 6.45) is 0.750. The number of para-hydroxylation sites is 2. The van der Waals surface area contributed by atoms with Crippen molar-refractivity contribution < 1.29 is 9.84 Å². The Morgan fingerprint density at radius 1 is 1.20 bits per heavy atom. The van der Waals surface area contributed by atoms with Crippen molar-refractivity contribution in [3.63, 3.8) is 0 Å². The summed E-state index contributed by atoms with van der Waals surface area (Å²) in [5.41, 5.74) is 9.30. The molecule has 0 aliphatic heterocycles. The van der Waals surface area contributed by atoms with Crippen LogP contribution in [0.5, 0.6) is 11.5 Å². The molecule has 0 saturated carbocycles. The summed E-state index contributed by atoms with van der Waals surface area (Å²) in [5.74, 6) is 1.79. The van der Waals surface area contributed by atoms with Crippen LogP contribution in [0.1, 0.15) is 31.2 Å². The van der Waals surface area contributed by atoms with Gasteiger partial charge in [-0.05, 0) is 50.1 Å². The number of ether oxygens (including phenoxy) is 1. The second-order valence-corrected chi connectivity index (χ2v) is 6.07. The molecule has 1 atom stereocenters. The molecule has 132 valence electrons. The van der Waals surface area contributed by atoms with Crippen molar-refractivity contribution in [3.05, 3.63) is 53.9 Å². The Labute approximate surface area is 148 Å². The summed E-state index contributed by atoms with van der Waals surface area (Å²) in [4.78, 5) is 4.83. The van der Waals surface area contributed by atoms with Gasteiger partial charge in [-0.2, -0.15) is 0 Å². The van der Waals surface area contributed by atoms with Crippen LogP contribution in [-0.4, -0.2) is 27.8 Å². The third kappa shape index (κ3) is 3.46. The minimum absolute atomic E-state index is 0.103. The normalized spacial score (nSPS) is 12.4. The van der Waals surface area contributed by atoms with Crippen LogP contribution in [0, 0.1) is 0 Å². The molecule has 0 aliphatic rings. The predicted molar refractivity (Wildman–Crippen MR) is 100 cm³/mol. The zero-order valence-electron chi connectivity index (χ0n) is 14.8. The van der Waals surface area contributed by atoms with E-state index in [0.717, 1.165) is 35.4 Å². The standard InChI is InChI=1S/C20H25N3O2/c1-3-23-17-8-6-5-7-16(17)22-20(23)15(13-21)11-14-9-10-18(24)19(12-14)25-4-2/h5-10,12,15,24H,3-4,11,13,21H2,1-2H3. The van der Waals surface area contributed by atoms with Crippen LogP contribution in [0.25, 0.3) is 11.0 Å². The number of fused-ring (bicyclic) bond motifs is 1. The Balaban J connectivity index is 1.94. The van der Waals surface area contributed by atoms with Crippen molar-refractivity contribution in [2.75, 3.05) is 13.2 Å². The van der Waals surface area contributed by atoms with Gasteiger partial charge in [0.15, 0.2) is 11.5 Å². The molecule has 2 aromatic carbocycles. The second kappa shape index (κ2) is 7.57. The van der Waals surface area contributed by atoms with Gasteiger partial charge in [-0.25, -0.2) is 4.98 Å². The Morgan fingerprint density at radius 2 is 2.00 bits per heavy atom. The maximum Gasteiger partial charge on any atom is 0.161 e. The zero-order valence-corrected chi connectivity index (χ0v) is 14.8. The molecule has 0 bridgehead atoms. The number of imidazole rings is 1. The van der Waals surface area contributed by atoms with Crippen molar-refractivity contribution in [3.8, 4) is 11.5 Å². The topological polar surface area (TPSA) is 73.3 Å². The highest BCUT2D eigenvalue weighted by molar-refractivity contribution is 5.76. The molecule has 5 heteroatoms. The van der Waals surface area contributed by atoms with Crippen LogP contribution in [0.4, 0.5) is 0 Å². The number of hydrogen-bond acceptors (Lipinski definition) is 4. The largest absolute Gasteiger partial charge is 0.504 e. The fourth-order valence-corrected chi connectivity index (χ4v) is 3.26. The highest BCUT2D eigenvalue weighted by Crippen LogP contribution is 2.30. The van der Waals surface area contributed by atoms with Crippen molar-refractivity contribution >= 4 is 11.0 Å². The van der Waals surface area contributed by atoms with Crippen molar-refractivity contribution in [1.29, 1.82) is 0 Å². The lowest BCUT2D eigenvalue weighted by atomic mass is 9.98. The van der Waals surface area contributed by atoms with E-state index in [9.17, 15) is 5.11 Å². The number of hydrogen-bond donors (Lipinski definition) is 2. The molecule has 0 amide bonds. The predicted octanol–water partition coefficient (Wildman–Crippen LogP) is 3.45. The first kappa shape index (κ1) is 17.3. The molecule has 3 N–H and O–H groups in total. The zero-order chi connectivity index (χ0) is 17.8. The van der Waals surface area contributed by atoms with Gasteiger partial charge in [0.2, 0.25) is 0 Å². The summed E-state index contributed by atoms with van der Waals surface area (Å²) in [5, 5.41) is 9.89. The Bertz CT molecular complexity index is 857. The minimum Gasteiger partial charge on any atom is -0.504 e. The monoisotopic (exact) mass is 339 g/mol. The number of rotatable bonds is 7. The van der Waals surface area contributed by atoms with Gasteiger partial charge in [0.05, 0.1) is 17.6 Å². The average molecular weight is 339 g/mol. The molecule has 0 radical (unpaired) electrons. The molecule has 1 heterocycles. The van der Waals surface area contributed by atoms with Gasteiger partial charge in [0, 0.05) is 19.0 Å². The van der Waals surface area contributed by atoms with Gasteiger partial charge in [-0.15, -0.1) is 0 Å². The quantitative estimate of drug-likeness (QED) is 0.691. The van der Waals surface area contributed by atoms with Gasteiger partial charge in [0.1, 0.15) is 5.82 Å². The lowest BCUT2D eigenvalue weighted by molar-refractivity contribution is 0.317. The first-order valence-electron chi connectivity index (χ1n) is 8.77. The first-order chi connectivity index (χ1) is 12.2. The van der Waals surface area contributed by atoms with E-state index in [2.05, 4.69) is 17.6 Å². The number of benzene rings is 2. The van der Waals surface area contributed by atoms with E-state index in [1.54, 1.807) is 6.07 Å². The van der Waals surface area contributed by atoms with Crippen LogP contribution in [0.3, 0.4) is 0 Å². The summed E-state index contributed by atoms with van der Waals surface area (Å²) in [7, 11) is 0. The molecule has 3 rings (SSSR count). The summed E-state index contributed by atoms with van der Waals surface area (Å²) >= 11 is 0. The van der Waals surface area contributed by atoms with Crippen molar-refractivity contribution in [1.82, 2.24) is 9.55 Å². The van der Waals surface area contributed by atoms with E-state index in [-0.39, 0.29) is 11.7 Å². The van der Waals surface area contributed by atoms with Crippen LogP contribution >= 0.6 is 0 Å². The minimum atomic E-state index is 0.103. The summed E-state index contributed by atoms with van der Waals surface area (Å²) in [6, 6.07) is 13.6. The van der Waals surface area contributed by atoms with Crippen molar-refractivity contribution in [2.24, 2.45) is 5.73 Å².